The molecule has 1 aliphatic heterocycles. The second-order valence-electron chi connectivity index (χ2n) is 7.51. The fourth-order valence-electron chi connectivity index (χ4n) is 3.97. The van der Waals surface area contributed by atoms with Crippen LogP contribution in [0.25, 0.3) is 0 Å². The lowest BCUT2D eigenvalue weighted by Gasteiger charge is -2.27. The van der Waals surface area contributed by atoms with E-state index in [9.17, 15) is 14.0 Å². The number of carbonyl (C=O) groups is 2. The van der Waals surface area contributed by atoms with Gasteiger partial charge in [-0.3, -0.25) is 9.59 Å². The maximum absolute atomic E-state index is 13.6. The summed E-state index contributed by atoms with van der Waals surface area (Å²) in [7, 11) is 0. The molecule has 1 saturated carbocycles. The van der Waals surface area contributed by atoms with Crippen LogP contribution in [0.5, 0.6) is 0 Å². The molecule has 1 aliphatic carbocycles. The van der Waals surface area contributed by atoms with E-state index in [-0.39, 0.29) is 17.6 Å². The lowest BCUT2D eigenvalue weighted by atomic mass is 9.94. The summed E-state index contributed by atoms with van der Waals surface area (Å²) in [6.07, 6.45) is 2.20. The van der Waals surface area contributed by atoms with Gasteiger partial charge in [-0.05, 0) is 49.1 Å². The van der Waals surface area contributed by atoms with Gasteiger partial charge in [0.1, 0.15) is 5.82 Å². The molecule has 2 fully saturated rings. The minimum absolute atomic E-state index is 0.0464. The Balaban J connectivity index is 1.46. The Morgan fingerprint density at radius 2 is 1.64 bits per heavy atom. The molecule has 1 saturated heterocycles. The van der Waals surface area contributed by atoms with E-state index >= 15 is 0 Å². The summed E-state index contributed by atoms with van der Waals surface area (Å²) in [5.74, 6) is -0.375. The molecule has 0 atom stereocenters. The SMILES string of the molecule is O=C(c1ccccc1Cl)N1CCCN(C(=O)C2(c3cccc(F)c3)CC2)CC1. The van der Waals surface area contributed by atoms with Crippen molar-refractivity contribution in [3.05, 3.63) is 70.5 Å². The molecule has 4 nitrogen and oxygen atoms in total. The van der Waals surface area contributed by atoms with E-state index in [2.05, 4.69) is 0 Å². The Bertz CT molecular complexity index is 913. The molecule has 0 unspecified atom stereocenters. The first-order chi connectivity index (χ1) is 13.5. The van der Waals surface area contributed by atoms with E-state index < -0.39 is 5.41 Å². The number of amides is 2. The van der Waals surface area contributed by atoms with Crippen LogP contribution in [0.4, 0.5) is 4.39 Å². The van der Waals surface area contributed by atoms with Crippen LogP contribution in [0, 0.1) is 5.82 Å². The summed E-state index contributed by atoms with van der Waals surface area (Å²) in [4.78, 5) is 29.6. The van der Waals surface area contributed by atoms with Crippen molar-refractivity contribution < 1.29 is 14.0 Å². The van der Waals surface area contributed by atoms with E-state index in [0.717, 1.165) is 18.4 Å². The first kappa shape index (κ1) is 18.9. The predicted octanol–water partition coefficient (Wildman–Crippen LogP) is 3.89. The topological polar surface area (TPSA) is 40.6 Å². The fraction of sp³-hybridized carbons (Fsp3) is 0.364. The molecule has 146 valence electrons. The van der Waals surface area contributed by atoms with Gasteiger partial charge in [-0.15, -0.1) is 0 Å². The second kappa shape index (κ2) is 7.55. The maximum Gasteiger partial charge on any atom is 0.255 e. The van der Waals surface area contributed by atoms with Crippen molar-refractivity contribution in [1.82, 2.24) is 9.80 Å². The average molecular weight is 401 g/mol. The van der Waals surface area contributed by atoms with Crippen LogP contribution in [-0.2, 0) is 10.2 Å². The zero-order chi connectivity index (χ0) is 19.7. The van der Waals surface area contributed by atoms with Gasteiger partial charge in [-0.1, -0.05) is 35.9 Å². The normalized spacial score (nSPS) is 18.5. The maximum atomic E-state index is 13.6. The van der Waals surface area contributed by atoms with E-state index in [1.807, 2.05) is 11.0 Å². The van der Waals surface area contributed by atoms with Crippen molar-refractivity contribution in [2.45, 2.75) is 24.7 Å². The van der Waals surface area contributed by atoms with Gasteiger partial charge in [-0.25, -0.2) is 4.39 Å². The van der Waals surface area contributed by atoms with Gasteiger partial charge in [0.2, 0.25) is 5.91 Å². The molecule has 2 amide bonds. The number of rotatable bonds is 3. The minimum Gasteiger partial charge on any atom is -0.340 e. The average Bonchev–Trinajstić information content (AvgIpc) is 3.52. The van der Waals surface area contributed by atoms with Crippen molar-refractivity contribution in [3.8, 4) is 0 Å². The number of halogens is 2. The Kier molecular flexibility index (Phi) is 5.11. The van der Waals surface area contributed by atoms with Crippen LogP contribution >= 0.6 is 11.6 Å². The predicted molar refractivity (Wildman–Crippen MR) is 106 cm³/mol. The molecule has 2 aromatic rings. The van der Waals surface area contributed by atoms with Crippen molar-refractivity contribution in [2.24, 2.45) is 0 Å². The van der Waals surface area contributed by atoms with Crippen LogP contribution in [-0.4, -0.2) is 47.8 Å². The van der Waals surface area contributed by atoms with Gasteiger partial charge in [0.05, 0.1) is 16.0 Å². The van der Waals surface area contributed by atoms with E-state index in [1.165, 1.54) is 12.1 Å². The molecule has 4 rings (SSSR count). The van der Waals surface area contributed by atoms with Crippen LogP contribution in [0.1, 0.15) is 35.2 Å². The van der Waals surface area contributed by atoms with Crippen LogP contribution in [0.2, 0.25) is 5.02 Å². The highest BCUT2D eigenvalue weighted by molar-refractivity contribution is 6.33. The number of nitrogens with zero attached hydrogens (tertiary/aromatic N) is 2. The monoisotopic (exact) mass is 400 g/mol. The van der Waals surface area contributed by atoms with E-state index in [1.54, 1.807) is 35.2 Å². The highest BCUT2D eigenvalue weighted by Gasteiger charge is 2.53. The Hall–Kier alpha value is -2.40. The molecule has 2 aromatic carbocycles. The molecule has 0 bridgehead atoms. The second-order valence-corrected chi connectivity index (χ2v) is 7.92. The third-order valence-corrected chi connectivity index (χ3v) is 6.04. The molecule has 28 heavy (non-hydrogen) atoms. The summed E-state index contributed by atoms with van der Waals surface area (Å²) >= 11 is 6.16. The van der Waals surface area contributed by atoms with Crippen molar-refractivity contribution in [3.63, 3.8) is 0 Å². The van der Waals surface area contributed by atoms with Gasteiger partial charge in [0.15, 0.2) is 0 Å². The molecule has 0 N–H and O–H groups in total. The lowest BCUT2D eigenvalue weighted by Crippen LogP contribution is -2.42. The fourth-order valence-corrected chi connectivity index (χ4v) is 4.19. The van der Waals surface area contributed by atoms with Gasteiger partial charge in [-0.2, -0.15) is 0 Å². The third-order valence-electron chi connectivity index (χ3n) is 5.71. The largest absolute Gasteiger partial charge is 0.340 e. The van der Waals surface area contributed by atoms with Crippen molar-refractivity contribution in [1.29, 1.82) is 0 Å². The number of hydrogen-bond acceptors (Lipinski definition) is 2. The summed E-state index contributed by atoms with van der Waals surface area (Å²) in [5, 5.41) is 0.438. The van der Waals surface area contributed by atoms with E-state index in [4.69, 9.17) is 11.6 Å². The molecule has 1 heterocycles. The first-order valence-corrected chi connectivity index (χ1v) is 9.98. The number of carbonyl (C=O) groups excluding carboxylic acids is 2. The number of hydrogen-bond donors (Lipinski definition) is 0. The molecule has 6 heteroatoms. The molecule has 2 aliphatic rings. The van der Waals surface area contributed by atoms with Crippen LogP contribution in [0.3, 0.4) is 0 Å². The Morgan fingerprint density at radius 3 is 2.36 bits per heavy atom. The van der Waals surface area contributed by atoms with Gasteiger partial charge >= 0.3 is 0 Å². The van der Waals surface area contributed by atoms with Gasteiger partial charge in [0.25, 0.3) is 5.91 Å². The van der Waals surface area contributed by atoms with Crippen LogP contribution < -0.4 is 0 Å². The highest BCUT2D eigenvalue weighted by Crippen LogP contribution is 2.49. The smallest absolute Gasteiger partial charge is 0.255 e. The van der Waals surface area contributed by atoms with Crippen molar-refractivity contribution >= 4 is 23.4 Å². The molecule has 0 radical (unpaired) electrons. The lowest BCUT2D eigenvalue weighted by molar-refractivity contribution is -0.133. The molecule has 0 aromatic heterocycles. The summed E-state index contributed by atoms with van der Waals surface area (Å²) < 4.78 is 13.6. The third kappa shape index (κ3) is 3.51. The van der Waals surface area contributed by atoms with Crippen molar-refractivity contribution in [2.75, 3.05) is 26.2 Å². The number of benzene rings is 2. The Labute approximate surface area is 168 Å². The van der Waals surface area contributed by atoms with Gasteiger partial charge in [0, 0.05) is 26.2 Å². The summed E-state index contributed by atoms with van der Waals surface area (Å²) in [6, 6.07) is 13.4. The standard InChI is InChI=1S/C22H22ClFN2O2/c23-19-8-2-1-7-18(19)20(27)25-11-4-12-26(14-13-25)21(28)22(9-10-22)16-5-3-6-17(24)15-16/h1-3,5-8,15H,4,9-14H2. The quantitative estimate of drug-likeness (QED) is 0.784. The molecular formula is C22H22ClFN2O2. The summed E-state index contributed by atoms with van der Waals surface area (Å²) in [5.41, 5.74) is 0.650. The highest BCUT2D eigenvalue weighted by atomic mass is 35.5. The summed E-state index contributed by atoms with van der Waals surface area (Å²) in [6.45, 7) is 2.13. The van der Waals surface area contributed by atoms with Gasteiger partial charge < -0.3 is 9.80 Å². The zero-order valence-corrected chi connectivity index (χ0v) is 16.3. The van der Waals surface area contributed by atoms with E-state index in [0.29, 0.717) is 43.2 Å². The zero-order valence-electron chi connectivity index (χ0n) is 15.5. The first-order valence-electron chi connectivity index (χ1n) is 9.60. The van der Waals surface area contributed by atoms with Crippen LogP contribution in [0.15, 0.2) is 48.5 Å². The Morgan fingerprint density at radius 1 is 0.929 bits per heavy atom. The molecular weight excluding hydrogens is 379 g/mol. The minimum atomic E-state index is -0.593. The molecule has 0 spiro atoms.